The molecule has 0 radical (unpaired) electrons. The first-order valence-electron chi connectivity index (χ1n) is 6.46. The zero-order chi connectivity index (χ0) is 13.2. The molecule has 0 fully saturated rings. The van der Waals surface area contributed by atoms with Crippen molar-refractivity contribution in [2.45, 2.75) is 39.0 Å². The van der Waals surface area contributed by atoms with E-state index >= 15 is 0 Å². The average molecular weight is 270 g/mol. The van der Waals surface area contributed by atoms with Gasteiger partial charge in [0.25, 0.3) is 5.91 Å². The lowest BCUT2D eigenvalue weighted by Gasteiger charge is -2.01. The van der Waals surface area contributed by atoms with Crippen LogP contribution in [0.5, 0.6) is 0 Å². The Morgan fingerprint density at radius 2 is 2.22 bits per heavy atom. The molecule has 0 bridgehead atoms. The largest absolute Gasteiger partial charge is 0.349 e. The number of aryl methyl sites for hydroxylation is 1. The molecule has 1 heterocycles. The maximum absolute atomic E-state index is 11.7. The van der Waals surface area contributed by atoms with Crippen molar-refractivity contribution < 1.29 is 4.79 Å². The maximum atomic E-state index is 11.7. The number of aromatic nitrogens is 3. The van der Waals surface area contributed by atoms with E-state index in [0.29, 0.717) is 6.54 Å². The van der Waals surface area contributed by atoms with Crippen LogP contribution in [0.4, 0.5) is 0 Å². The Balaban J connectivity index is 2.19. The molecule has 1 aromatic heterocycles. The standard InChI is InChI=1S/C12H22N4OS/c1-3-7-10-14-11(16-15-10)12(17)13-8-5-4-6-9-18-2/h3-9H2,1-2H3,(H,13,17)(H,14,15,16). The molecule has 1 rings (SSSR count). The SMILES string of the molecule is CCCc1nc(C(=O)NCCCCCSC)n[nH]1. The van der Waals surface area contributed by atoms with Crippen molar-refractivity contribution in [1.82, 2.24) is 20.5 Å². The van der Waals surface area contributed by atoms with E-state index in [1.165, 1.54) is 12.2 Å². The number of hydrogen-bond acceptors (Lipinski definition) is 4. The second-order valence-electron chi connectivity index (χ2n) is 4.17. The Morgan fingerprint density at radius 3 is 2.94 bits per heavy atom. The molecule has 6 heteroatoms. The first-order chi connectivity index (χ1) is 8.77. The van der Waals surface area contributed by atoms with E-state index in [4.69, 9.17) is 0 Å². The van der Waals surface area contributed by atoms with Crippen LogP contribution in [0.3, 0.4) is 0 Å². The first-order valence-corrected chi connectivity index (χ1v) is 7.85. The summed E-state index contributed by atoms with van der Waals surface area (Å²) in [5, 5.41) is 9.53. The van der Waals surface area contributed by atoms with Crippen LogP contribution in [0.2, 0.25) is 0 Å². The van der Waals surface area contributed by atoms with E-state index in [9.17, 15) is 4.79 Å². The molecule has 0 saturated carbocycles. The van der Waals surface area contributed by atoms with Gasteiger partial charge >= 0.3 is 0 Å². The minimum absolute atomic E-state index is 0.182. The maximum Gasteiger partial charge on any atom is 0.290 e. The Morgan fingerprint density at radius 1 is 1.39 bits per heavy atom. The summed E-state index contributed by atoms with van der Waals surface area (Å²) in [7, 11) is 0. The third-order valence-corrected chi connectivity index (χ3v) is 3.23. The molecule has 0 unspecified atom stereocenters. The van der Waals surface area contributed by atoms with Gasteiger partial charge in [0.1, 0.15) is 5.82 Å². The number of H-pyrrole nitrogens is 1. The van der Waals surface area contributed by atoms with Crippen molar-refractivity contribution in [3.8, 4) is 0 Å². The molecule has 0 aliphatic rings. The van der Waals surface area contributed by atoms with E-state index in [0.717, 1.165) is 31.5 Å². The van der Waals surface area contributed by atoms with Crippen LogP contribution in [0.25, 0.3) is 0 Å². The van der Waals surface area contributed by atoms with Crippen molar-refractivity contribution in [3.05, 3.63) is 11.6 Å². The Labute approximate surface area is 113 Å². The van der Waals surface area contributed by atoms with Crippen LogP contribution >= 0.6 is 11.8 Å². The summed E-state index contributed by atoms with van der Waals surface area (Å²) in [5.41, 5.74) is 0. The van der Waals surface area contributed by atoms with Gasteiger partial charge in [-0.3, -0.25) is 9.89 Å². The molecule has 0 aliphatic heterocycles. The third kappa shape index (κ3) is 5.53. The summed E-state index contributed by atoms with van der Waals surface area (Å²) < 4.78 is 0. The van der Waals surface area contributed by atoms with Crippen LogP contribution in [0, 0.1) is 0 Å². The molecule has 2 N–H and O–H groups in total. The monoisotopic (exact) mass is 270 g/mol. The quantitative estimate of drug-likeness (QED) is 0.673. The molecular formula is C12H22N4OS. The predicted octanol–water partition coefficient (Wildman–Crippen LogP) is 2.02. The molecule has 0 aliphatic carbocycles. The van der Waals surface area contributed by atoms with E-state index in [2.05, 4.69) is 33.7 Å². The smallest absolute Gasteiger partial charge is 0.290 e. The zero-order valence-corrected chi connectivity index (χ0v) is 12.0. The molecule has 102 valence electrons. The van der Waals surface area contributed by atoms with Gasteiger partial charge in [-0.05, 0) is 31.3 Å². The Kier molecular flexibility index (Phi) is 7.48. The molecule has 1 amide bonds. The van der Waals surface area contributed by atoms with Crippen molar-refractivity contribution in [2.24, 2.45) is 0 Å². The average Bonchev–Trinajstić information content (AvgIpc) is 2.82. The number of nitrogens with zero attached hydrogens (tertiary/aromatic N) is 2. The van der Waals surface area contributed by atoms with Crippen LogP contribution in [0.15, 0.2) is 0 Å². The van der Waals surface area contributed by atoms with E-state index in [1.807, 2.05) is 11.8 Å². The fourth-order valence-corrected chi connectivity index (χ4v) is 2.07. The van der Waals surface area contributed by atoms with E-state index in [1.54, 1.807) is 0 Å². The highest BCUT2D eigenvalue weighted by Gasteiger charge is 2.10. The number of carbonyl (C=O) groups is 1. The minimum atomic E-state index is -0.182. The molecule has 0 aromatic carbocycles. The molecule has 18 heavy (non-hydrogen) atoms. The number of nitrogens with one attached hydrogen (secondary N) is 2. The van der Waals surface area contributed by atoms with Crippen LogP contribution in [0.1, 0.15) is 49.1 Å². The third-order valence-electron chi connectivity index (χ3n) is 2.53. The first kappa shape index (κ1) is 15.0. The van der Waals surface area contributed by atoms with Crippen molar-refractivity contribution in [2.75, 3.05) is 18.6 Å². The highest BCUT2D eigenvalue weighted by molar-refractivity contribution is 7.98. The van der Waals surface area contributed by atoms with Crippen LogP contribution in [-0.4, -0.2) is 39.6 Å². The summed E-state index contributed by atoms with van der Waals surface area (Å²) in [5.74, 6) is 2.04. The lowest BCUT2D eigenvalue weighted by atomic mass is 10.2. The lowest BCUT2D eigenvalue weighted by molar-refractivity contribution is 0.0943. The predicted molar refractivity (Wildman–Crippen MR) is 74.9 cm³/mol. The number of unbranched alkanes of at least 4 members (excludes halogenated alkanes) is 2. The van der Waals surface area contributed by atoms with Crippen molar-refractivity contribution in [1.29, 1.82) is 0 Å². The number of aromatic amines is 1. The summed E-state index contributed by atoms with van der Waals surface area (Å²) >= 11 is 1.86. The molecule has 1 aromatic rings. The van der Waals surface area contributed by atoms with Crippen molar-refractivity contribution in [3.63, 3.8) is 0 Å². The number of hydrogen-bond donors (Lipinski definition) is 2. The fourth-order valence-electron chi connectivity index (χ4n) is 1.57. The fraction of sp³-hybridized carbons (Fsp3) is 0.750. The summed E-state index contributed by atoms with van der Waals surface area (Å²) in [6.45, 7) is 2.77. The van der Waals surface area contributed by atoms with E-state index in [-0.39, 0.29) is 11.7 Å². The summed E-state index contributed by atoms with van der Waals surface area (Å²) in [4.78, 5) is 15.8. The van der Waals surface area contributed by atoms with Gasteiger partial charge in [0.15, 0.2) is 0 Å². The number of amides is 1. The van der Waals surface area contributed by atoms with Gasteiger partial charge in [-0.2, -0.15) is 11.8 Å². The summed E-state index contributed by atoms with van der Waals surface area (Å²) in [6.07, 6.45) is 7.30. The molecular weight excluding hydrogens is 248 g/mol. The van der Waals surface area contributed by atoms with Crippen LogP contribution < -0.4 is 5.32 Å². The molecule has 0 saturated heterocycles. The Bertz CT molecular complexity index is 354. The van der Waals surface area contributed by atoms with Gasteiger partial charge in [0, 0.05) is 13.0 Å². The minimum Gasteiger partial charge on any atom is -0.349 e. The number of thioether (sulfide) groups is 1. The van der Waals surface area contributed by atoms with Gasteiger partial charge < -0.3 is 5.32 Å². The highest BCUT2D eigenvalue weighted by atomic mass is 32.2. The van der Waals surface area contributed by atoms with Gasteiger partial charge in [-0.1, -0.05) is 13.3 Å². The molecule has 0 atom stereocenters. The van der Waals surface area contributed by atoms with Gasteiger partial charge in [0.05, 0.1) is 0 Å². The molecule has 5 nitrogen and oxygen atoms in total. The topological polar surface area (TPSA) is 70.7 Å². The van der Waals surface area contributed by atoms with Crippen LogP contribution in [-0.2, 0) is 6.42 Å². The van der Waals surface area contributed by atoms with Gasteiger partial charge in [-0.25, -0.2) is 4.98 Å². The van der Waals surface area contributed by atoms with Gasteiger partial charge in [0.2, 0.25) is 5.82 Å². The Hall–Kier alpha value is -1.04. The lowest BCUT2D eigenvalue weighted by Crippen LogP contribution is -2.25. The second kappa shape index (κ2) is 8.97. The zero-order valence-electron chi connectivity index (χ0n) is 11.2. The second-order valence-corrected chi connectivity index (χ2v) is 5.15. The highest BCUT2D eigenvalue weighted by Crippen LogP contribution is 2.01. The number of carbonyl (C=O) groups excluding carboxylic acids is 1. The number of rotatable bonds is 9. The summed E-state index contributed by atoms with van der Waals surface area (Å²) in [6, 6.07) is 0. The normalized spacial score (nSPS) is 10.6. The molecule has 0 spiro atoms. The van der Waals surface area contributed by atoms with E-state index < -0.39 is 0 Å². The van der Waals surface area contributed by atoms with Gasteiger partial charge in [-0.15, -0.1) is 5.10 Å². The van der Waals surface area contributed by atoms with Crippen molar-refractivity contribution >= 4 is 17.7 Å².